The molecule has 0 aliphatic heterocycles. The van der Waals surface area contributed by atoms with Crippen molar-refractivity contribution in [1.29, 1.82) is 0 Å². The van der Waals surface area contributed by atoms with E-state index >= 15 is 0 Å². The number of hydrogen-bond donors (Lipinski definition) is 2. The van der Waals surface area contributed by atoms with Crippen LogP contribution in [0.25, 0.3) is 34.8 Å². The van der Waals surface area contributed by atoms with Crippen molar-refractivity contribution in [1.82, 2.24) is 19.9 Å². The number of rotatable bonds is 3. The second-order valence-corrected chi connectivity index (χ2v) is 3.90. The van der Waals surface area contributed by atoms with Gasteiger partial charge in [0, 0.05) is 0 Å². The van der Waals surface area contributed by atoms with Gasteiger partial charge in [-0.3, -0.25) is 0 Å². The molecule has 3 aromatic rings. The Morgan fingerprint density at radius 1 is 0.944 bits per heavy atom. The number of aromatic amines is 2. The molecule has 2 aromatic heterocycles. The van der Waals surface area contributed by atoms with Crippen LogP contribution >= 0.6 is 0 Å². The van der Waals surface area contributed by atoms with Gasteiger partial charge in [0.1, 0.15) is 0 Å². The molecule has 4 heteroatoms. The molecular formula is C14H12N4. The molecule has 1 aromatic carbocycles. The van der Waals surface area contributed by atoms with Gasteiger partial charge in [0.25, 0.3) is 0 Å². The van der Waals surface area contributed by atoms with Crippen molar-refractivity contribution in [2.24, 2.45) is 0 Å². The second kappa shape index (κ2) is 4.00. The van der Waals surface area contributed by atoms with Crippen molar-refractivity contribution in [2.45, 2.75) is 0 Å². The molecule has 0 radical (unpaired) electrons. The summed E-state index contributed by atoms with van der Waals surface area (Å²) in [6.45, 7) is 7.47. The zero-order chi connectivity index (χ0) is 12.5. The molecule has 0 amide bonds. The van der Waals surface area contributed by atoms with E-state index in [0.29, 0.717) is 11.6 Å². The topological polar surface area (TPSA) is 57.4 Å². The average Bonchev–Trinajstić information content (AvgIpc) is 3.01. The number of hydrogen-bond acceptors (Lipinski definition) is 2. The van der Waals surface area contributed by atoms with E-state index in [0.717, 1.165) is 22.4 Å². The molecule has 18 heavy (non-hydrogen) atoms. The van der Waals surface area contributed by atoms with E-state index in [-0.39, 0.29) is 0 Å². The average molecular weight is 236 g/mol. The lowest BCUT2D eigenvalue weighted by Crippen LogP contribution is -1.82. The maximum Gasteiger partial charge on any atom is 0.174 e. The first kappa shape index (κ1) is 10.5. The van der Waals surface area contributed by atoms with Crippen molar-refractivity contribution in [3.63, 3.8) is 0 Å². The van der Waals surface area contributed by atoms with Crippen LogP contribution in [-0.4, -0.2) is 19.9 Å². The van der Waals surface area contributed by atoms with Crippen LogP contribution in [0, 0.1) is 0 Å². The summed E-state index contributed by atoms with van der Waals surface area (Å²) in [4.78, 5) is 15.3. The van der Waals surface area contributed by atoms with E-state index in [2.05, 4.69) is 33.1 Å². The largest absolute Gasteiger partial charge is 0.335 e. The van der Waals surface area contributed by atoms with Crippen molar-refractivity contribution in [3.05, 3.63) is 48.8 Å². The maximum atomic E-state index is 4.49. The smallest absolute Gasteiger partial charge is 0.174 e. The van der Waals surface area contributed by atoms with Gasteiger partial charge in [-0.2, -0.15) is 0 Å². The Morgan fingerprint density at radius 2 is 1.72 bits per heavy atom. The van der Waals surface area contributed by atoms with Crippen LogP contribution in [0.5, 0.6) is 0 Å². The normalized spacial score (nSPS) is 10.7. The highest BCUT2D eigenvalue weighted by Gasteiger charge is 2.10. The number of nitrogens with zero attached hydrogens (tertiary/aromatic N) is 2. The molecule has 0 aliphatic carbocycles. The van der Waals surface area contributed by atoms with Crippen molar-refractivity contribution in [2.75, 3.05) is 0 Å². The van der Waals surface area contributed by atoms with Gasteiger partial charge in [0.15, 0.2) is 11.6 Å². The number of benzene rings is 1. The Hall–Kier alpha value is -2.62. The fourth-order valence-corrected chi connectivity index (χ4v) is 1.89. The van der Waals surface area contributed by atoms with Gasteiger partial charge in [-0.1, -0.05) is 25.3 Å². The van der Waals surface area contributed by atoms with Gasteiger partial charge in [0.05, 0.1) is 22.4 Å². The van der Waals surface area contributed by atoms with Gasteiger partial charge in [-0.15, -0.1) is 0 Å². The molecule has 0 saturated heterocycles. The van der Waals surface area contributed by atoms with E-state index in [1.165, 1.54) is 0 Å². The third kappa shape index (κ3) is 1.55. The Labute approximate surface area is 104 Å². The van der Waals surface area contributed by atoms with Crippen LogP contribution in [0.1, 0.15) is 11.4 Å². The zero-order valence-electron chi connectivity index (χ0n) is 9.77. The minimum absolute atomic E-state index is 0.691. The van der Waals surface area contributed by atoms with E-state index in [9.17, 15) is 0 Å². The number of fused-ring (bicyclic) bond motifs is 1. The van der Waals surface area contributed by atoms with Crippen molar-refractivity contribution < 1.29 is 0 Å². The summed E-state index contributed by atoms with van der Waals surface area (Å²) >= 11 is 0. The molecule has 0 aliphatic rings. The first-order valence-electron chi connectivity index (χ1n) is 5.62. The summed E-state index contributed by atoms with van der Waals surface area (Å²) in [7, 11) is 0. The minimum Gasteiger partial charge on any atom is -0.335 e. The third-order valence-electron chi connectivity index (χ3n) is 2.77. The second-order valence-electron chi connectivity index (χ2n) is 3.90. The fourth-order valence-electron chi connectivity index (χ4n) is 1.89. The summed E-state index contributed by atoms with van der Waals surface area (Å²) in [5.41, 5.74) is 3.54. The Morgan fingerprint density at radius 3 is 2.39 bits per heavy atom. The lowest BCUT2D eigenvalue weighted by Gasteiger charge is -1.87. The van der Waals surface area contributed by atoms with Crippen LogP contribution in [0.3, 0.4) is 0 Å². The number of imidazole rings is 2. The number of H-pyrrole nitrogens is 2. The lowest BCUT2D eigenvalue weighted by atomic mass is 10.3. The Bertz CT molecular complexity index is 675. The van der Waals surface area contributed by atoms with Gasteiger partial charge >= 0.3 is 0 Å². The molecule has 3 rings (SSSR count). The highest BCUT2D eigenvalue weighted by Crippen LogP contribution is 2.20. The molecule has 0 bridgehead atoms. The van der Waals surface area contributed by atoms with Crippen LogP contribution in [-0.2, 0) is 0 Å². The Kier molecular flexibility index (Phi) is 2.34. The number of para-hydroxylation sites is 2. The zero-order valence-corrected chi connectivity index (χ0v) is 9.77. The molecule has 2 N–H and O–H groups in total. The highest BCUT2D eigenvalue weighted by atomic mass is 15.0. The first-order valence-corrected chi connectivity index (χ1v) is 5.62. The quantitative estimate of drug-likeness (QED) is 0.733. The molecule has 4 nitrogen and oxygen atoms in total. The van der Waals surface area contributed by atoms with Gasteiger partial charge in [-0.05, 0) is 24.3 Å². The van der Waals surface area contributed by atoms with Crippen LogP contribution < -0.4 is 0 Å². The molecule has 0 spiro atoms. The fraction of sp³-hybridized carbons (Fsp3) is 0. The monoisotopic (exact) mass is 236 g/mol. The van der Waals surface area contributed by atoms with Crippen LogP contribution in [0.2, 0.25) is 0 Å². The van der Waals surface area contributed by atoms with E-state index < -0.39 is 0 Å². The molecular weight excluding hydrogens is 224 g/mol. The lowest BCUT2D eigenvalue weighted by molar-refractivity contribution is 1.20. The van der Waals surface area contributed by atoms with Gasteiger partial charge in [0.2, 0.25) is 0 Å². The van der Waals surface area contributed by atoms with E-state index in [1.807, 2.05) is 24.3 Å². The SMILES string of the molecule is C=Cc1nc(-c2nc3ccccc3[nH]2)[nH]c1C=C. The molecule has 0 saturated carbocycles. The van der Waals surface area contributed by atoms with E-state index in [4.69, 9.17) is 0 Å². The maximum absolute atomic E-state index is 4.49. The summed E-state index contributed by atoms with van der Waals surface area (Å²) < 4.78 is 0. The molecule has 0 atom stereocenters. The van der Waals surface area contributed by atoms with Crippen molar-refractivity contribution >= 4 is 23.2 Å². The summed E-state index contributed by atoms with van der Waals surface area (Å²) in [6, 6.07) is 7.87. The number of nitrogens with one attached hydrogen (secondary N) is 2. The summed E-state index contributed by atoms with van der Waals surface area (Å²) in [5, 5.41) is 0. The summed E-state index contributed by atoms with van der Waals surface area (Å²) in [5.74, 6) is 1.41. The summed E-state index contributed by atoms with van der Waals surface area (Å²) in [6.07, 6.45) is 3.41. The highest BCUT2D eigenvalue weighted by molar-refractivity contribution is 5.78. The first-order chi connectivity index (χ1) is 8.81. The standard InChI is InChI=1S/C14H12N4/c1-3-9-10(4-2)16-13(15-9)14-17-11-7-5-6-8-12(11)18-14/h3-8H,1-2H2,(H,15,16)(H,17,18). The Balaban J connectivity index is 2.16. The third-order valence-corrected chi connectivity index (χ3v) is 2.77. The van der Waals surface area contributed by atoms with Crippen LogP contribution in [0.15, 0.2) is 37.4 Å². The van der Waals surface area contributed by atoms with Gasteiger partial charge in [-0.25, -0.2) is 9.97 Å². The van der Waals surface area contributed by atoms with Crippen molar-refractivity contribution in [3.8, 4) is 11.6 Å². The molecule has 88 valence electrons. The predicted molar refractivity (Wildman–Crippen MR) is 73.9 cm³/mol. The van der Waals surface area contributed by atoms with Gasteiger partial charge < -0.3 is 9.97 Å². The van der Waals surface area contributed by atoms with E-state index in [1.54, 1.807) is 12.2 Å². The molecule has 0 unspecified atom stereocenters. The minimum atomic E-state index is 0.691. The molecule has 2 heterocycles. The molecule has 0 fully saturated rings. The number of aromatic nitrogens is 4. The predicted octanol–water partition coefficient (Wildman–Crippen LogP) is 3.24. The van der Waals surface area contributed by atoms with Crippen LogP contribution in [0.4, 0.5) is 0 Å².